The highest BCUT2D eigenvalue weighted by Gasteiger charge is 2.21. The van der Waals surface area contributed by atoms with Crippen molar-refractivity contribution in [3.8, 4) is 10.7 Å². The largest absolute Gasteiger partial charge is 0.345 e. The van der Waals surface area contributed by atoms with Gasteiger partial charge in [0.15, 0.2) is 6.29 Å². The zero-order chi connectivity index (χ0) is 11.0. The van der Waals surface area contributed by atoms with Crippen molar-refractivity contribution in [2.75, 3.05) is 13.2 Å². The molecule has 5 nitrogen and oxygen atoms in total. The van der Waals surface area contributed by atoms with Crippen molar-refractivity contribution in [3.05, 3.63) is 22.9 Å². The molecule has 3 heterocycles. The zero-order valence-electron chi connectivity index (χ0n) is 8.67. The molecular formula is C10H10N2O3S. The molecule has 0 bridgehead atoms. The summed E-state index contributed by atoms with van der Waals surface area (Å²) >= 11 is 1.56. The summed E-state index contributed by atoms with van der Waals surface area (Å²) in [7, 11) is 0. The quantitative estimate of drug-likeness (QED) is 0.802. The minimum atomic E-state index is -0.230. The molecule has 0 atom stereocenters. The van der Waals surface area contributed by atoms with Crippen LogP contribution in [0, 0.1) is 6.92 Å². The number of ether oxygens (including phenoxy) is 2. The van der Waals surface area contributed by atoms with E-state index < -0.39 is 0 Å². The molecule has 0 saturated carbocycles. The fraction of sp³-hybridized carbons (Fsp3) is 0.400. The smallest absolute Gasteiger partial charge is 0.223 e. The van der Waals surface area contributed by atoms with Gasteiger partial charge in [-0.2, -0.15) is 4.98 Å². The lowest BCUT2D eigenvalue weighted by molar-refractivity contribution is -0.0413. The number of hydrogen-bond acceptors (Lipinski definition) is 6. The van der Waals surface area contributed by atoms with Crippen LogP contribution in [-0.2, 0) is 9.47 Å². The molecular weight excluding hydrogens is 228 g/mol. The molecule has 0 aromatic carbocycles. The summed E-state index contributed by atoms with van der Waals surface area (Å²) in [5.41, 5.74) is 0. The Morgan fingerprint density at radius 2 is 2.12 bits per heavy atom. The second kappa shape index (κ2) is 3.97. The molecule has 3 rings (SSSR count). The van der Waals surface area contributed by atoms with Crippen molar-refractivity contribution >= 4 is 11.3 Å². The second-order valence-electron chi connectivity index (χ2n) is 3.41. The summed E-state index contributed by atoms with van der Waals surface area (Å²) in [5, 5.41) is 3.87. The first-order chi connectivity index (χ1) is 7.83. The Morgan fingerprint density at radius 3 is 2.81 bits per heavy atom. The molecule has 84 valence electrons. The zero-order valence-corrected chi connectivity index (χ0v) is 9.49. The first-order valence-electron chi connectivity index (χ1n) is 4.96. The fourth-order valence-corrected chi connectivity index (χ4v) is 2.45. The maximum Gasteiger partial charge on any atom is 0.223 e. The van der Waals surface area contributed by atoms with E-state index in [2.05, 4.69) is 10.1 Å². The molecule has 0 N–H and O–H groups in total. The van der Waals surface area contributed by atoms with Crippen LogP contribution in [0.5, 0.6) is 0 Å². The van der Waals surface area contributed by atoms with Crippen molar-refractivity contribution in [3.63, 3.8) is 0 Å². The molecule has 0 amide bonds. The Bertz CT molecular complexity index is 488. The lowest BCUT2D eigenvalue weighted by Crippen LogP contribution is -1.93. The predicted octanol–water partition coefficient (Wildman–Crippen LogP) is 2.15. The molecule has 1 aliphatic rings. The lowest BCUT2D eigenvalue weighted by Gasteiger charge is -2.04. The summed E-state index contributed by atoms with van der Waals surface area (Å²) < 4.78 is 15.8. The van der Waals surface area contributed by atoms with E-state index >= 15 is 0 Å². The van der Waals surface area contributed by atoms with E-state index in [1.54, 1.807) is 18.3 Å². The molecule has 0 radical (unpaired) electrons. The standard InChI is InChI=1S/C10H10N2O3S/c1-6-11-9(12-15-6)7-2-3-8(16-7)10-13-4-5-14-10/h2-3,10H,4-5H2,1H3. The Hall–Kier alpha value is -1.24. The van der Waals surface area contributed by atoms with E-state index in [1.165, 1.54) is 0 Å². The van der Waals surface area contributed by atoms with Gasteiger partial charge in [-0.15, -0.1) is 11.3 Å². The first-order valence-corrected chi connectivity index (χ1v) is 5.78. The van der Waals surface area contributed by atoms with Crippen molar-refractivity contribution < 1.29 is 14.0 Å². The molecule has 0 spiro atoms. The van der Waals surface area contributed by atoms with E-state index in [-0.39, 0.29) is 6.29 Å². The van der Waals surface area contributed by atoms with Gasteiger partial charge >= 0.3 is 0 Å². The van der Waals surface area contributed by atoms with Gasteiger partial charge in [-0.1, -0.05) is 5.16 Å². The maximum atomic E-state index is 5.42. The number of nitrogens with zero attached hydrogens (tertiary/aromatic N) is 2. The SMILES string of the molecule is Cc1nc(-c2ccc(C3OCCO3)s2)no1. The van der Waals surface area contributed by atoms with E-state index in [4.69, 9.17) is 14.0 Å². The molecule has 1 fully saturated rings. The number of thiophene rings is 1. The molecule has 16 heavy (non-hydrogen) atoms. The Labute approximate surface area is 96.0 Å². The summed E-state index contributed by atoms with van der Waals surface area (Å²) in [4.78, 5) is 6.17. The Balaban J connectivity index is 1.87. The molecule has 2 aromatic rings. The summed E-state index contributed by atoms with van der Waals surface area (Å²) in [6.45, 7) is 3.08. The minimum absolute atomic E-state index is 0.230. The van der Waals surface area contributed by atoms with Gasteiger partial charge in [0, 0.05) is 6.92 Å². The van der Waals surface area contributed by atoms with Gasteiger partial charge < -0.3 is 14.0 Å². The van der Waals surface area contributed by atoms with E-state index in [1.807, 2.05) is 12.1 Å². The van der Waals surface area contributed by atoms with Crippen LogP contribution in [-0.4, -0.2) is 23.4 Å². The van der Waals surface area contributed by atoms with Crippen LogP contribution >= 0.6 is 11.3 Å². The van der Waals surface area contributed by atoms with Gasteiger partial charge in [0.25, 0.3) is 0 Å². The molecule has 0 aliphatic carbocycles. The average Bonchev–Trinajstić information content (AvgIpc) is 2.97. The van der Waals surface area contributed by atoms with Crippen LogP contribution in [0.1, 0.15) is 17.1 Å². The van der Waals surface area contributed by atoms with Crippen LogP contribution in [0.4, 0.5) is 0 Å². The third-order valence-electron chi connectivity index (χ3n) is 2.23. The molecule has 6 heteroatoms. The minimum Gasteiger partial charge on any atom is -0.345 e. The summed E-state index contributed by atoms with van der Waals surface area (Å²) in [6.07, 6.45) is -0.230. The molecule has 2 aromatic heterocycles. The van der Waals surface area contributed by atoms with E-state index in [9.17, 15) is 0 Å². The van der Waals surface area contributed by atoms with E-state index in [0.29, 0.717) is 24.9 Å². The number of aryl methyl sites for hydroxylation is 1. The summed E-state index contributed by atoms with van der Waals surface area (Å²) in [5.74, 6) is 1.19. The van der Waals surface area contributed by atoms with Gasteiger partial charge in [0.1, 0.15) is 0 Å². The summed E-state index contributed by atoms with van der Waals surface area (Å²) in [6, 6.07) is 3.93. The van der Waals surface area contributed by atoms with Gasteiger partial charge in [-0.25, -0.2) is 0 Å². The van der Waals surface area contributed by atoms with Gasteiger partial charge in [0.05, 0.1) is 23.0 Å². The van der Waals surface area contributed by atoms with Crippen LogP contribution in [0.25, 0.3) is 10.7 Å². The highest BCUT2D eigenvalue weighted by atomic mass is 32.1. The highest BCUT2D eigenvalue weighted by Crippen LogP contribution is 2.33. The average molecular weight is 238 g/mol. The highest BCUT2D eigenvalue weighted by molar-refractivity contribution is 7.15. The van der Waals surface area contributed by atoms with Crippen LogP contribution in [0.15, 0.2) is 16.7 Å². The van der Waals surface area contributed by atoms with Crippen molar-refractivity contribution in [1.82, 2.24) is 10.1 Å². The monoisotopic (exact) mass is 238 g/mol. The van der Waals surface area contributed by atoms with Crippen LogP contribution < -0.4 is 0 Å². The topological polar surface area (TPSA) is 57.4 Å². The van der Waals surface area contributed by atoms with Crippen LogP contribution in [0.3, 0.4) is 0 Å². The van der Waals surface area contributed by atoms with Crippen LogP contribution in [0.2, 0.25) is 0 Å². The normalized spacial score (nSPS) is 17.1. The molecule has 0 unspecified atom stereocenters. The number of aromatic nitrogens is 2. The van der Waals surface area contributed by atoms with Gasteiger partial charge in [0.2, 0.25) is 11.7 Å². The lowest BCUT2D eigenvalue weighted by atomic mass is 10.4. The van der Waals surface area contributed by atoms with Gasteiger partial charge in [-0.3, -0.25) is 0 Å². The first kappa shape index (κ1) is 9.95. The Morgan fingerprint density at radius 1 is 1.31 bits per heavy atom. The fourth-order valence-electron chi connectivity index (χ4n) is 1.52. The third kappa shape index (κ3) is 1.75. The predicted molar refractivity (Wildman–Crippen MR) is 57.0 cm³/mol. The van der Waals surface area contributed by atoms with Crippen molar-refractivity contribution in [2.45, 2.75) is 13.2 Å². The second-order valence-corrected chi connectivity index (χ2v) is 4.53. The molecule has 1 saturated heterocycles. The van der Waals surface area contributed by atoms with Crippen molar-refractivity contribution in [1.29, 1.82) is 0 Å². The number of hydrogen-bond donors (Lipinski definition) is 0. The van der Waals surface area contributed by atoms with Gasteiger partial charge in [-0.05, 0) is 12.1 Å². The maximum absolute atomic E-state index is 5.42. The Kier molecular flexibility index (Phi) is 2.47. The third-order valence-corrected chi connectivity index (χ3v) is 3.33. The van der Waals surface area contributed by atoms with Crippen molar-refractivity contribution in [2.24, 2.45) is 0 Å². The number of rotatable bonds is 2. The van der Waals surface area contributed by atoms with E-state index in [0.717, 1.165) is 9.75 Å². The molecule has 1 aliphatic heterocycles.